The lowest BCUT2D eigenvalue weighted by atomic mass is 9.65. The summed E-state index contributed by atoms with van der Waals surface area (Å²) < 4.78 is 5.62. The fourth-order valence-corrected chi connectivity index (χ4v) is 3.73. The molecular weight excluding hydrogens is 198 g/mol. The second-order valence-electron chi connectivity index (χ2n) is 5.69. The highest BCUT2D eigenvalue weighted by Gasteiger charge is 2.44. The molecule has 3 unspecified atom stereocenters. The van der Waals surface area contributed by atoms with E-state index in [2.05, 4.69) is 25.2 Å². The predicted molar refractivity (Wildman–Crippen MR) is 64.3 cm³/mol. The van der Waals surface area contributed by atoms with Gasteiger partial charge in [0, 0.05) is 24.1 Å². The molecule has 1 aliphatic heterocycles. The molecule has 1 spiro atoms. The Kier molecular flexibility index (Phi) is 2.36. The highest BCUT2D eigenvalue weighted by Crippen LogP contribution is 2.46. The van der Waals surface area contributed by atoms with Crippen molar-refractivity contribution in [2.75, 3.05) is 6.54 Å². The van der Waals surface area contributed by atoms with Gasteiger partial charge in [-0.05, 0) is 37.2 Å². The van der Waals surface area contributed by atoms with Crippen LogP contribution in [-0.4, -0.2) is 6.54 Å². The minimum Gasteiger partial charge on any atom is -0.469 e. The summed E-state index contributed by atoms with van der Waals surface area (Å²) in [7, 11) is 0. The molecule has 0 saturated heterocycles. The van der Waals surface area contributed by atoms with Gasteiger partial charge in [-0.3, -0.25) is 0 Å². The maximum atomic E-state index is 5.62. The van der Waals surface area contributed by atoms with Crippen molar-refractivity contribution in [3.05, 3.63) is 23.7 Å². The van der Waals surface area contributed by atoms with Crippen molar-refractivity contribution in [1.29, 1.82) is 0 Å². The molecular formula is C14H21NO. The molecule has 2 heterocycles. The SMILES string of the molecule is CC1CCC2(NCCc3occc32)C(C)C1. The first-order chi connectivity index (χ1) is 7.72. The fourth-order valence-electron chi connectivity index (χ4n) is 3.73. The van der Waals surface area contributed by atoms with E-state index in [1.165, 1.54) is 30.6 Å². The normalized spacial score (nSPS) is 38.6. The molecule has 88 valence electrons. The average molecular weight is 219 g/mol. The Morgan fingerprint density at radius 1 is 1.44 bits per heavy atom. The Hall–Kier alpha value is -0.760. The lowest BCUT2D eigenvalue weighted by molar-refractivity contribution is 0.112. The third-order valence-electron chi connectivity index (χ3n) is 4.65. The highest BCUT2D eigenvalue weighted by atomic mass is 16.3. The van der Waals surface area contributed by atoms with E-state index < -0.39 is 0 Å². The van der Waals surface area contributed by atoms with Gasteiger partial charge in [0.25, 0.3) is 0 Å². The summed E-state index contributed by atoms with van der Waals surface area (Å²) in [5.74, 6) is 2.81. The van der Waals surface area contributed by atoms with Crippen molar-refractivity contribution in [3.63, 3.8) is 0 Å². The summed E-state index contributed by atoms with van der Waals surface area (Å²) in [4.78, 5) is 0. The Bertz CT molecular complexity index is 384. The monoisotopic (exact) mass is 219 g/mol. The van der Waals surface area contributed by atoms with Gasteiger partial charge in [-0.1, -0.05) is 13.8 Å². The number of fused-ring (bicyclic) bond motifs is 2. The third-order valence-corrected chi connectivity index (χ3v) is 4.65. The number of nitrogens with one attached hydrogen (secondary N) is 1. The van der Waals surface area contributed by atoms with Gasteiger partial charge in [-0.25, -0.2) is 0 Å². The van der Waals surface area contributed by atoms with Gasteiger partial charge in [-0.15, -0.1) is 0 Å². The van der Waals surface area contributed by atoms with E-state index in [1.807, 2.05) is 6.26 Å². The van der Waals surface area contributed by atoms with Gasteiger partial charge in [0.2, 0.25) is 0 Å². The van der Waals surface area contributed by atoms with Crippen molar-refractivity contribution < 1.29 is 4.42 Å². The first-order valence-electron chi connectivity index (χ1n) is 6.54. The second kappa shape index (κ2) is 3.63. The zero-order valence-corrected chi connectivity index (χ0v) is 10.3. The Morgan fingerprint density at radius 3 is 3.12 bits per heavy atom. The Labute approximate surface area is 97.4 Å². The van der Waals surface area contributed by atoms with Crippen LogP contribution in [0.2, 0.25) is 0 Å². The summed E-state index contributed by atoms with van der Waals surface area (Å²) in [6.45, 7) is 5.84. The minimum absolute atomic E-state index is 0.215. The van der Waals surface area contributed by atoms with Crippen LogP contribution in [0.4, 0.5) is 0 Å². The van der Waals surface area contributed by atoms with Gasteiger partial charge in [-0.2, -0.15) is 0 Å². The van der Waals surface area contributed by atoms with Crippen LogP contribution in [0.1, 0.15) is 44.4 Å². The summed E-state index contributed by atoms with van der Waals surface area (Å²) in [6.07, 6.45) is 6.85. The van der Waals surface area contributed by atoms with Crippen LogP contribution >= 0.6 is 0 Å². The first kappa shape index (κ1) is 10.4. The summed E-state index contributed by atoms with van der Waals surface area (Å²) >= 11 is 0. The fraction of sp³-hybridized carbons (Fsp3) is 0.714. The van der Waals surface area contributed by atoms with Crippen LogP contribution in [0.15, 0.2) is 16.7 Å². The van der Waals surface area contributed by atoms with Crippen LogP contribution in [-0.2, 0) is 12.0 Å². The van der Waals surface area contributed by atoms with E-state index in [-0.39, 0.29) is 5.54 Å². The number of rotatable bonds is 0. The Morgan fingerprint density at radius 2 is 2.31 bits per heavy atom. The summed E-state index contributed by atoms with van der Waals surface area (Å²) in [5.41, 5.74) is 1.66. The molecule has 3 atom stereocenters. The zero-order valence-electron chi connectivity index (χ0n) is 10.3. The van der Waals surface area contributed by atoms with E-state index in [0.29, 0.717) is 5.92 Å². The largest absolute Gasteiger partial charge is 0.469 e. The van der Waals surface area contributed by atoms with E-state index in [1.54, 1.807) is 0 Å². The van der Waals surface area contributed by atoms with Gasteiger partial charge in [0.05, 0.1) is 6.26 Å². The standard InChI is InChI=1S/C14H21NO/c1-10-3-6-14(11(2)9-10)12-5-8-16-13(12)4-7-15-14/h5,8,10-11,15H,3-4,6-7,9H2,1-2H3. The minimum atomic E-state index is 0.215. The van der Waals surface area contributed by atoms with E-state index in [4.69, 9.17) is 4.42 Å². The molecule has 1 aliphatic carbocycles. The predicted octanol–water partition coefficient (Wildman–Crippen LogP) is 3.08. The third kappa shape index (κ3) is 1.36. The summed E-state index contributed by atoms with van der Waals surface area (Å²) in [5, 5.41) is 3.79. The molecule has 1 N–H and O–H groups in total. The van der Waals surface area contributed by atoms with Gasteiger partial charge in [0.15, 0.2) is 0 Å². The quantitative estimate of drug-likeness (QED) is 0.725. The molecule has 2 aliphatic rings. The van der Waals surface area contributed by atoms with Gasteiger partial charge >= 0.3 is 0 Å². The lowest BCUT2D eigenvalue weighted by Gasteiger charge is -2.47. The molecule has 1 saturated carbocycles. The van der Waals surface area contributed by atoms with E-state index in [0.717, 1.165) is 18.9 Å². The molecule has 1 aromatic rings. The van der Waals surface area contributed by atoms with E-state index in [9.17, 15) is 0 Å². The first-order valence-corrected chi connectivity index (χ1v) is 6.54. The van der Waals surface area contributed by atoms with Crippen LogP contribution in [0.5, 0.6) is 0 Å². The maximum Gasteiger partial charge on any atom is 0.110 e. The van der Waals surface area contributed by atoms with Crippen LogP contribution in [0.3, 0.4) is 0 Å². The molecule has 0 amide bonds. The van der Waals surface area contributed by atoms with Crippen molar-refractivity contribution in [2.24, 2.45) is 11.8 Å². The molecule has 16 heavy (non-hydrogen) atoms. The smallest absolute Gasteiger partial charge is 0.110 e. The van der Waals surface area contributed by atoms with E-state index >= 15 is 0 Å². The molecule has 1 fully saturated rings. The van der Waals surface area contributed by atoms with Crippen molar-refractivity contribution in [2.45, 2.75) is 45.1 Å². The average Bonchev–Trinajstić information content (AvgIpc) is 2.73. The molecule has 0 radical (unpaired) electrons. The van der Waals surface area contributed by atoms with Gasteiger partial charge < -0.3 is 9.73 Å². The molecule has 2 heteroatoms. The molecule has 2 nitrogen and oxygen atoms in total. The molecule has 0 aromatic carbocycles. The number of hydrogen-bond acceptors (Lipinski definition) is 2. The molecule has 1 aromatic heterocycles. The zero-order chi connectivity index (χ0) is 11.2. The topological polar surface area (TPSA) is 25.2 Å². The van der Waals surface area contributed by atoms with Crippen LogP contribution < -0.4 is 5.32 Å². The Balaban J connectivity index is 2.00. The van der Waals surface area contributed by atoms with Crippen molar-refractivity contribution >= 4 is 0 Å². The number of hydrogen-bond donors (Lipinski definition) is 1. The highest BCUT2D eigenvalue weighted by molar-refractivity contribution is 5.31. The number of furan rings is 1. The van der Waals surface area contributed by atoms with Crippen molar-refractivity contribution in [3.8, 4) is 0 Å². The lowest BCUT2D eigenvalue weighted by Crippen LogP contribution is -2.53. The van der Waals surface area contributed by atoms with Crippen molar-refractivity contribution in [1.82, 2.24) is 5.32 Å². The second-order valence-corrected chi connectivity index (χ2v) is 5.69. The van der Waals surface area contributed by atoms with Gasteiger partial charge in [0.1, 0.15) is 5.76 Å². The van der Waals surface area contributed by atoms with Crippen LogP contribution in [0.25, 0.3) is 0 Å². The maximum absolute atomic E-state index is 5.62. The molecule has 3 rings (SSSR count). The summed E-state index contributed by atoms with van der Waals surface area (Å²) in [6, 6.07) is 2.19. The van der Waals surface area contributed by atoms with Crippen LogP contribution in [0, 0.1) is 11.8 Å². The molecule has 0 bridgehead atoms.